The normalized spacial score (nSPS) is 11.0. The molecule has 0 atom stereocenters. The molecule has 5 rings (SSSR count). The van der Waals surface area contributed by atoms with Crippen LogP contribution < -0.4 is 9.80 Å². The van der Waals surface area contributed by atoms with Crippen LogP contribution in [0, 0.1) is 0 Å². The molecule has 5 aromatic carbocycles. The van der Waals surface area contributed by atoms with Crippen LogP contribution in [0.1, 0.15) is 69.1 Å². The molecule has 0 saturated heterocycles. The molecule has 0 saturated carbocycles. The van der Waals surface area contributed by atoms with E-state index in [1.807, 2.05) is 48.5 Å². The van der Waals surface area contributed by atoms with Crippen molar-refractivity contribution in [1.82, 2.24) is 0 Å². The van der Waals surface area contributed by atoms with Gasteiger partial charge in [0.05, 0.1) is 45.0 Å². The lowest BCUT2D eigenvalue weighted by atomic mass is 10.1. The van der Waals surface area contributed by atoms with Gasteiger partial charge in [-0.25, -0.2) is 19.2 Å². The average molecular weight is 813 g/mol. The first-order valence-corrected chi connectivity index (χ1v) is 19.7. The van der Waals surface area contributed by atoms with Crippen molar-refractivity contribution in [2.75, 3.05) is 62.4 Å². The van der Waals surface area contributed by atoms with E-state index in [1.54, 1.807) is 48.5 Å². The second-order valence-electron chi connectivity index (χ2n) is 13.0. The predicted octanol–water partition coefficient (Wildman–Crippen LogP) is 10.2. The summed E-state index contributed by atoms with van der Waals surface area (Å²) in [6, 6.07) is 34.2. The summed E-state index contributed by atoms with van der Waals surface area (Å²) in [7, 11) is 0. The van der Waals surface area contributed by atoms with Gasteiger partial charge in [0.25, 0.3) is 0 Å². The Morgan fingerprint density at radius 3 is 0.767 bits per heavy atom. The summed E-state index contributed by atoms with van der Waals surface area (Å²) in [5, 5.41) is 17.0. The van der Waals surface area contributed by atoms with E-state index < -0.39 is 23.9 Å². The molecule has 0 amide bonds. The number of anilines is 2. The van der Waals surface area contributed by atoms with Crippen molar-refractivity contribution >= 4 is 58.0 Å². The minimum atomic E-state index is -0.660. The number of ether oxygens (including phenoxy) is 4. The summed E-state index contributed by atoms with van der Waals surface area (Å²) in [6.45, 7) is 11.4. The maximum atomic E-state index is 12.5. The van der Waals surface area contributed by atoms with Gasteiger partial charge in [0.15, 0.2) is 0 Å². The molecule has 0 aliphatic heterocycles. The van der Waals surface area contributed by atoms with Gasteiger partial charge >= 0.3 is 23.9 Å². The molecule has 0 N–H and O–H groups in total. The summed E-state index contributed by atoms with van der Waals surface area (Å²) >= 11 is 0. The number of carbonyl (C=O) groups excluding carboxylic acids is 4. The Bertz CT molecular complexity index is 2060. The number of nitrogens with zero attached hydrogens (tertiary/aromatic N) is 6. The Kier molecular flexibility index (Phi) is 16.6. The SMILES string of the molecule is CCN(CC)c1ccc(N=Nc2ccc(C(=O)OCCOC(=O)c3ccc(C(=O)OCCOC(=O)c4ccc(N=Nc5ccc(N(CC)CC)cc5)cc4)cc3)cc2)cc1. The standard InChI is InChI=1S/C46H48N6O8/c1-5-51(6-2)41-25-21-39(22-26-41)49-47-37-17-13-35(14-18-37)45(55)59-31-29-57-43(53)33-9-11-34(12-10-33)44(54)58-30-32-60-46(56)36-15-19-38(20-16-36)48-50-40-23-27-42(28-24-40)52(7-3)8-4/h9-28H,5-8,29-32H2,1-4H3. The number of rotatable bonds is 20. The van der Waals surface area contributed by atoms with Crippen molar-refractivity contribution in [3.63, 3.8) is 0 Å². The number of hydrogen-bond donors (Lipinski definition) is 0. The zero-order valence-corrected chi connectivity index (χ0v) is 34.2. The van der Waals surface area contributed by atoms with Crippen LogP contribution in [-0.4, -0.2) is 76.5 Å². The van der Waals surface area contributed by atoms with E-state index in [4.69, 9.17) is 18.9 Å². The Labute approximate surface area is 349 Å². The molecule has 0 fully saturated rings. The van der Waals surface area contributed by atoms with Crippen LogP contribution >= 0.6 is 0 Å². The van der Waals surface area contributed by atoms with E-state index in [2.05, 4.69) is 58.0 Å². The largest absolute Gasteiger partial charge is 0.458 e. The molecule has 0 spiro atoms. The van der Waals surface area contributed by atoms with Crippen LogP contribution in [0.25, 0.3) is 0 Å². The summed E-state index contributed by atoms with van der Waals surface area (Å²) in [5.74, 6) is -2.49. The number of azo groups is 2. The molecule has 14 nitrogen and oxygen atoms in total. The van der Waals surface area contributed by atoms with Gasteiger partial charge in [-0.15, -0.1) is 0 Å². The Hall–Kier alpha value is -7.22. The topological polar surface area (TPSA) is 161 Å². The fourth-order valence-electron chi connectivity index (χ4n) is 5.81. The van der Waals surface area contributed by atoms with E-state index >= 15 is 0 Å². The Balaban J connectivity index is 0.962. The molecule has 14 heteroatoms. The first kappa shape index (κ1) is 43.9. The third kappa shape index (κ3) is 12.9. The predicted molar refractivity (Wildman–Crippen MR) is 229 cm³/mol. The van der Waals surface area contributed by atoms with Crippen LogP contribution in [0.15, 0.2) is 142 Å². The van der Waals surface area contributed by atoms with E-state index in [9.17, 15) is 19.2 Å². The zero-order valence-electron chi connectivity index (χ0n) is 34.2. The molecule has 0 unspecified atom stereocenters. The van der Waals surface area contributed by atoms with Gasteiger partial charge in [0.2, 0.25) is 0 Å². The molecule has 0 bridgehead atoms. The van der Waals surface area contributed by atoms with Crippen molar-refractivity contribution in [3.8, 4) is 0 Å². The maximum absolute atomic E-state index is 12.5. The number of benzene rings is 5. The molecular weight excluding hydrogens is 765 g/mol. The monoisotopic (exact) mass is 812 g/mol. The molecule has 0 aliphatic carbocycles. The maximum Gasteiger partial charge on any atom is 0.338 e. The molecule has 0 aliphatic rings. The van der Waals surface area contributed by atoms with Gasteiger partial charge in [-0.3, -0.25) is 0 Å². The van der Waals surface area contributed by atoms with Crippen LogP contribution in [0.4, 0.5) is 34.1 Å². The number of carbonyl (C=O) groups is 4. The summed E-state index contributed by atoms with van der Waals surface area (Å²) in [6.07, 6.45) is 0. The molecule has 310 valence electrons. The minimum absolute atomic E-state index is 0.158. The highest BCUT2D eigenvalue weighted by molar-refractivity contribution is 5.93. The first-order chi connectivity index (χ1) is 29.2. The number of esters is 4. The highest BCUT2D eigenvalue weighted by Crippen LogP contribution is 2.24. The van der Waals surface area contributed by atoms with Gasteiger partial charge in [-0.1, -0.05) is 0 Å². The van der Waals surface area contributed by atoms with Crippen molar-refractivity contribution in [2.45, 2.75) is 27.7 Å². The third-order valence-corrected chi connectivity index (χ3v) is 9.18. The lowest BCUT2D eigenvalue weighted by molar-refractivity contribution is 0.0263. The molecule has 5 aromatic rings. The highest BCUT2D eigenvalue weighted by atomic mass is 16.6. The zero-order chi connectivity index (χ0) is 42.7. The smallest absolute Gasteiger partial charge is 0.338 e. The van der Waals surface area contributed by atoms with E-state index in [1.165, 1.54) is 24.3 Å². The molecule has 0 radical (unpaired) electrons. The third-order valence-electron chi connectivity index (χ3n) is 9.18. The van der Waals surface area contributed by atoms with Crippen LogP contribution in [0.5, 0.6) is 0 Å². The molecule has 0 heterocycles. The van der Waals surface area contributed by atoms with Crippen LogP contribution in [-0.2, 0) is 18.9 Å². The number of hydrogen-bond acceptors (Lipinski definition) is 14. The molecule has 60 heavy (non-hydrogen) atoms. The molecular formula is C46H48N6O8. The lowest BCUT2D eigenvalue weighted by Crippen LogP contribution is -2.21. The van der Waals surface area contributed by atoms with Gasteiger partial charge in [-0.05, 0) is 149 Å². The lowest BCUT2D eigenvalue weighted by Gasteiger charge is -2.20. The quantitative estimate of drug-likeness (QED) is 0.0320. The fourth-order valence-corrected chi connectivity index (χ4v) is 5.81. The second-order valence-corrected chi connectivity index (χ2v) is 13.0. The van der Waals surface area contributed by atoms with Gasteiger partial charge < -0.3 is 28.7 Å². The van der Waals surface area contributed by atoms with Crippen LogP contribution in [0.2, 0.25) is 0 Å². The van der Waals surface area contributed by atoms with E-state index in [-0.39, 0.29) is 37.6 Å². The van der Waals surface area contributed by atoms with Crippen molar-refractivity contribution in [2.24, 2.45) is 20.5 Å². The highest BCUT2D eigenvalue weighted by Gasteiger charge is 2.14. The fraction of sp³-hybridized carbons (Fsp3) is 0.261. The van der Waals surface area contributed by atoms with Gasteiger partial charge in [0.1, 0.15) is 26.4 Å². The second kappa shape index (κ2) is 22.6. The van der Waals surface area contributed by atoms with E-state index in [0.717, 1.165) is 37.6 Å². The van der Waals surface area contributed by atoms with Crippen molar-refractivity contribution < 1.29 is 38.1 Å². The van der Waals surface area contributed by atoms with Crippen molar-refractivity contribution in [3.05, 3.63) is 144 Å². The average Bonchev–Trinajstić information content (AvgIpc) is 3.29. The first-order valence-electron chi connectivity index (χ1n) is 19.7. The van der Waals surface area contributed by atoms with E-state index in [0.29, 0.717) is 33.9 Å². The Morgan fingerprint density at radius 2 is 0.550 bits per heavy atom. The summed E-state index contributed by atoms with van der Waals surface area (Å²) in [4.78, 5) is 54.5. The Morgan fingerprint density at radius 1 is 0.350 bits per heavy atom. The summed E-state index contributed by atoms with van der Waals surface area (Å²) in [5.41, 5.74) is 5.80. The minimum Gasteiger partial charge on any atom is -0.458 e. The summed E-state index contributed by atoms with van der Waals surface area (Å²) < 4.78 is 20.9. The van der Waals surface area contributed by atoms with Gasteiger partial charge in [0, 0.05) is 37.6 Å². The van der Waals surface area contributed by atoms with Gasteiger partial charge in [-0.2, -0.15) is 20.5 Å². The molecule has 0 aromatic heterocycles. The van der Waals surface area contributed by atoms with Crippen molar-refractivity contribution in [1.29, 1.82) is 0 Å². The van der Waals surface area contributed by atoms with Crippen LogP contribution in [0.3, 0.4) is 0 Å².